The molecule has 18 heavy (non-hydrogen) atoms. The minimum atomic E-state index is 0.896. The van der Waals surface area contributed by atoms with Crippen LogP contribution in [-0.4, -0.2) is 12.9 Å². The van der Waals surface area contributed by atoms with E-state index in [1.807, 2.05) is 36.0 Å². The molecule has 1 nitrogen and oxygen atoms in total. The predicted octanol–water partition coefficient (Wildman–Crippen LogP) is 4.50. The summed E-state index contributed by atoms with van der Waals surface area (Å²) >= 11 is 1.83. The molecular formula is C16H16OS. The molecule has 0 N–H and O–H groups in total. The Bertz CT molecular complexity index is 506. The predicted molar refractivity (Wildman–Crippen MR) is 79.2 cm³/mol. The van der Waals surface area contributed by atoms with E-state index in [1.54, 1.807) is 7.11 Å². The number of rotatable bonds is 5. The molecular weight excluding hydrogens is 240 g/mol. The third kappa shape index (κ3) is 3.97. The Kier molecular flexibility index (Phi) is 4.91. The molecule has 0 aliphatic heterocycles. The van der Waals surface area contributed by atoms with Crippen molar-refractivity contribution < 1.29 is 4.74 Å². The first-order valence-electron chi connectivity index (χ1n) is 5.87. The van der Waals surface area contributed by atoms with Gasteiger partial charge >= 0.3 is 0 Å². The second-order valence-electron chi connectivity index (χ2n) is 3.80. The van der Waals surface area contributed by atoms with Crippen molar-refractivity contribution >= 4 is 17.8 Å². The van der Waals surface area contributed by atoms with E-state index in [2.05, 4.69) is 42.5 Å². The van der Waals surface area contributed by atoms with Crippen molar-refractivity contribution in [3.05, 3.63) is 66.2 Å². The second-order valence-corrected chi connectivity index (χ2v) is 4.90. The molecule has 0 aromatic heterocycles. The lowest BCUT2D eigenvalue weighted by Crippen LogP contribution is -1.82. The third-order valence-corrected chi connectivity index (χ3v) is 3.46. The number of hydrogen-bond acceptors (Lipinski definition) is 2. The van der Waals surface area contributed by atoms with Crippen molar-refractivity contribution in [1.29, 1.82) is 0 Å². The van der Waals surface area contributed by atoms with Crippen LogP contribution in [0.2, 0.25) is 0 Å². The van der Waals surface area contributed by atoms with Gasteiger partial charge < -0.3 is 4.74 Å². The maximum absolute atomic E-state index is 5.19. The van der Waals surface area contributed by atoms with Crippen LogP contribution in [0.5, 0.6) is 5.75 Å². The number of ether oxygens (including phenoxy) is 1. The Morgan fingerprint density at radius 2 is 1.89 bits per heavy atom. The van der Waals surface area contributed by atoms with Gasteiger partial charge in [-0.1, -0.05) is 42.5 Å². The van der Waals surface area contributed by atoms with E-state index in [4.69, 9.17) is 4.74 Å². The maximum Gasteiger partial charge on any atom is 0.119 e. The van der Waals surface area contributed by atoms with Crippen LogP contribution in [0.1, 0.15) is 5.56 Å². The first kappa shape index (κ1) is 12.8. The van der Waals surface area contributed by atoms with Gasteiger partial charge in [-0.2, -0.15) is 0 Å². The molecule has 0 atom stereocenters. The lowest BCUT2D eigenvalue weighted by atomic mass is 10.2. The van der Waals surface area contributed by atoms with Crippen molar-refractivity contribution in [3.63, 3.8) is 0 Å². The van der Waals surface area contributed by atoms with Crippen molar-refractivity contribution in [2.75, 3.05) is 12.9 Å². The second kappa shape index (κ2) is 6.92. The fourth-order valence-electron chi connectivity index (χ4n) is 1.59. The molecule has 0 fully saturated rings. The van der Waals surface area contributed by atoms with Gasteiger partial charge in [0, 0.05) is 10.6 Å². The average molecular weight is 256 g/mol. The van der Waals surface area contributed by atoms with Gasteiger partial charge in [-0.15, -0.1) is 11.8 Å². The summed E-state index contributed by atoms with van der Waals surface area (Å²) in [7, 11) is 1.69. The van der Waals surface area contributed by atoms with E-state index in [0.29, 0.717) is 0 Å². The Morgan fingerprint density at radius 3 is 2.67 bits per heavy atom. The summed E-state index contributed by atoms with van der Waals surface area (Å²) in [5.74, 6) is 1.87. The number of hydrogen-bond donors (Lipinski definition) is 0. The first-order chi connectivity index (χ1) is 8.88. The monoisotopic (exact) mass is 256 g/mol. The van der Waals surface area contributed by atoms with Crippen LogP contribution in [0.15, 0.2) is 65.6 Å². The summed E-state index contributed by atoms with van der Waals surface area (Å²) in [5, 5.41) is 0. The van der Waals surface area contributed by atoms with Crippen molar-refractivity contribution in [2.24, 2.45) is 0 Å². The minimum absolute atomic E-state index is 0.896. The molecule has 0 bridgehead atoms. The SMILES string of the molecule is COc1cccc(/C=C/CSc2ccccc2)c1. The molecule has 92 valence electrons. The summed E-state index contributed by atoms with van der Waals surface area (Å²) in [6, 6.07) is 18.5. The summed E-state index contributed by atoms with van der Waals surface area (Å²) in [6.45, 7) is 0. The zero-order chi connectivity index (χ0) is 12.6. The van der Waals surface area contributed by atoms with Crippen LogP contribution in [0, 0.1) is 0 Å². The zero-order valence-corrected chi connectivity index (χ0v) is 11.2. The van der Waals surface area contributed by atoms with Crippen molar-refractivity contribution in [2.45, 2.75) is 4.90 Å². The molecule has 0 radical (unpaired) electrons. The smallest absolute Gasteiger partial charge is 0.119 e. The molecule has 0 amide bonds. The lowest BCUT2D eigenvalue weighted by molar-refractivity contribution is 0.414. The van der Waals surface area contributed by atoms with Crippen LogP contribution in [0.25, 0.3) is 6.08 Å². The summed E-state index contributed by atoms with van der Waals surface area (Å²) in [4.78, 5) is 1.30. The average Bonchev–Trinajstić information content (AvgIpc) is 2.45. The van der Waals surface area contributed by atoms with Gasteiger partial charge in [0.1, 0.15) is 5.75 Å². The van der Waals surface area contributed by atoms with Crippen LogP contribution in [-0.2, 0) is 0 Å². The Labute approximate surface area is 112 Å². The van der Waals surface area contributed by atoms with Crippen LogP contribution >= 0.6 is 11.8 Å². The van der Waals surface area contributed by atoms with E-state index in [0.717, 1.165) is 11.5 Å². The van der Waals surface area contributed by atoms with E-state index in [-0.39, 0.29) is 0 Å². The summed E-state index contributed by atoms with van der Waals surface area (Å²) in [5.41, 5.74) is 1.17. The van der Waals surface area contributed by atoms with Gasteiger partial charge in [0.25, 0.3) is 0 Å². The molecule has 0 unspecified atom stereocenters. The number of methoxy groups -OCH3 is 1. The molecule has 2 rings (SSSR count). The largest absolute Gasteiger partial charge is 0.497 e. The third-order valence-electron chi connectivity index (χ3n) is 2.49. The minimum Gasteiger partial charge on any atom is -0.497 e. The highest BCUT2D eigenvalue weighted by molar-refractivity contribution is 7.99. The van der Waals surface area contributed by atoms with Gasteiger partial charge in [0.15, 0.2) is 0 Å². The fourth-order valence-corrected chi connectivity index (χ4v) is 2.32. The molecule has 0 saturated carbocycles. The highest BCUT2D eigenvalue weighted by Crippen LogP contribution is 2.18. The quantitative estimate of drug-likeness (QED) is 0.728. The number of thioether (sulfide) groups is 1. The Balaban J connectivity index is 1.87. The van der Waals surface area contributed by atoms with Crippen molar-refractivity contribution in [3.8, 4) is 5.75 Å². The van der Waals surface area contributed by atoms with E-state index in [9.17, 15) is 0 Å². The van der Waals surface area contributed by atoms with Crippen LogP contribution in [0.4, 0.5) is 0 Å². The zero-order valence-electron chi connectivity index (χ0n) is 10.4. The summed E-state index contributed by atoms with van der Waals surface area (Å²) in [6.07, 6.45) is 4.30. The molecule has 0 heterocycles. The topological polar surface area (TPSA) is 9.23 Å². The molecule has 2 aromatic carbocycles. The van der Waals surface area contributed by atoms with E-state index >= 15 is 0 Å². The van der Waals surface area contributed by atoms with Gasteiger partial charge in [-0.05, 0) is 29.8 Å². The van der Waals surface area contributed by atoms with Crippen LogP contribution < -0.4 is 4.74 Å². The van der Waals surface area contributed by atoms with E-state index in [1.165, 1.54) is 10.5 Å². The number of benzene rings is 2. The van der Waals surface area contributed by atoms with Gasteiger partial charge in [0.2, 0.25) is 0 Å². The molecule has 0 aliphatic rings. The molecule has 0 aliphatic carbocycles. The normalized spacial score (nSPS) is 10.7. The lowest BCUT2D eigenvalue weighted by Gasteiger charge is -2.00. The van der Waals surface area contributed by atoms with Gasteiger partial charge in [-0.25, -0.2) is 0 Å². The molecule has 0 saturated heterocycles. The highest BCUT2D eigenvalue weighted by Gasteiger charge is 1.92. The maximum atomic E-state index is 5.19. The summed E-state index contributed by atoms with van der Waals surface area (Å²) < 4.78 is 5.19. The van der Waals surface area contributed by atoms with Gasteiger partial charge in [0.05, 0.1) is 7.11 Å². The molecule has 2 aromatic rings. The van der Waals surface area contributed by atoms with Crippen LogP contribution in [0.3, 0.4) is 0 Å². The van der Waals surface area contributed by atoms with E-state index < -0.39 is 0 Å². The molecule has 0 spiro atoms. The fraction of sp³-hybridized carbons (Fsp3) is 0.125. The highest BCUT2D eigenvalue weighted by atomic mass is 32.2. The first-order valence-corrected chi connectivity index (χ1v) is 6.85. The molecule has 2 heteroatoms. The standard InChI is InChI=1S/C16H16OS/c1-17-15-9-5-7-14(13-15)8-6-12-18-16-10-3-2-4-11-16/h2-11,13H,12H2,1H3/b8-6+. The Hall–Kier alpha value is -1.67. The van der Waals surface area contributed by atoms with Crippen molar-refractivity contribution in [1.82, 2.24) is 0 Å². The van der Waals surface area contributed by atoms with Gasteiger partial charge in [-0.3, -0.25) is 0 Å². The Morgan fingerprint density at radius 1 is 1.06 bits per heavy atom.